The minimum atomic E-state index is 0.250. The van der Waals surface area contributed by atoms with E-state index in [1.807, 2.05) is 6.07 Å². The molecule has 3 heterocycles. The predicted octanol–water partition coefficient (Wildman–Crippen LogP) is 3.69. The van der Waals surface area contributed by atoms with E-state index in [1.165, 1.54) is 24.0 Å². The Morgan fingerprint density at radius 1 is 1.09 bits per heavy atom. The Balaban J connectivity index is 1.47. The minimum Gasteiger partial charge on any atom is -0.369 e. The predicted molar refractivity (Wildman–Crippen MR) is 90.4 cm³/mol. The summed E-state index contributed by atoms with van der Waals surface area (Å²) < 4.78 is 0. The Kier molecular flexibility index (Phi) is 3.55. The maximum absolute atomic E-state index is 6.00. The highest BCUT2D eigenvalue weighted by atomic mass is 35.5. The maximum atomic E-state index is 6.00. The van der Waals surface area contributed by atoms with Gasteiger partial charge in [0.2, 0.25) is 0 Å². The molecular weight excluding hydrogens is 294 g/mol. The fraction of sp³-hybridized carbons (Fsp3) is 0.389. The Labute approximate surface area is 136 Å². The number of rotatable bonds is 2. The molecule has 0 radical (unpaired) electrons. The normalized spacial score (nSPS) is 19.9. The van der Waals surface area contributed by atoms with E-state index in [2.05, 4.69) is 51.6 Å². The monoisotopic (exact) mass is 313 g/mol. The molecule has 0 amide bonds. The number of anilines is 1. The van der Waals surface area contributed by atoms with Gasteiger partial charge in [0, 0.05) is 24.1 Å². The molecule has 0 aliphatic carbocycles. The van der Waals surface area contributed by atoms with Crippen LogP contribution < -0.4 is 5.32 Å². The lowest BCUT2D eigenvalue weighted by atomic mass is 9.75. The van der Waals surface area contributed by atoms with Crippen molar-refractivity contribution in [3.05, 3.63) is 58.7 Å². The van der Waals surface area contributed by atoms with Crippen molar-refractivity contribution >= 4 is 17.4 Å². The molecule has 4 rings (SSSR count). The van der Waals surface area contributed by atoms with Gasteiger partial charge in [0.25, 0.3) is 0 Å². The largest absolute Gasteiger partial charge is 0.369 e. The van der Waals surface area contributed by atoms with Crippen molar-refractivity contribution < 1.29 is 0 Å². The van der Waals surface area contributed by atoms with Crippen LogP contribution in [0.15, 0.2) is 42.5 Å². The highest BCUT2D eigenvalue weighted by molar-refractivity contribution is 6.29. The molecule has 1 aromatic carbocycles. The number of nitrogens with one attached hydrogen (secondary N) is 1. The number of aromatic nitrogens is 1. The first kappa shape index (κ1) is 14.0. The number of piperidine rings is 1. The van der Waals surface area contributed by atoms with Crippen LogP contribution in [0.4, 0.5) is 5.82 Å². The van der Waals surface area contributed by atoms with E-state index in [9.17, 15) is 0 Å². The van der Waals surface area contributed by atoms with Crippen molar-refractivity contribution in [2.75, 3.05) is 25.0 Å². The van der Waals surface area contributed by atoms with Gasteiger partial charge in [-0.3, -0.25) is 4.90 Å². The van der Waals surface area contributed by atoms with Gasteiger partial charge in [-0.25, -0.2) is 4.98 Å². The summed E-state index contributed by atoms with van der Waals surface area (Å²) in [7, 11) is 0. The highest BCUT2D eigenvalue weighted by Crippen LogP contribution is 2.43. The van der Waals surface area contributed by atoms with Crippen molar-refractivity contribution in [3.8, 4) is 0 Å². The van der Waals surface area contributed by atoms with Crippen LogP contribution in [0, 0.1) is 0 Å². The van der Waals surface area contributed by atoms with Crippen LogP contribution in [-0.4, -0.2) is 29.5 Å². The smallest absolute Gasteiger partial charge is 0.131 e. The van der Waals surface area contributed by atoms with E-state index in [0.29, 0.717) is 5.15 Å². The van der Waals surface area contributed by atoms with Crippen LogP contribution in [-0.2, 0) is 12.0 Å². The van der Waals surface area contributed by atoms with Crippen LogP contribution in [0.5, 0.6) is 0 Å². The van der Waals surface area contributed by atoms with Gasteiger partial charge in [-0.05, 0) is 37.6 Å². The third-order valence-electron chi connectivity index (χ3n) is 5.09. The Morgan fingerprint density at radius 2 is 1.86 bits per heavy atom. The number of likely N-dealkylation sites (tertiary alicyclic amines) is 1. The molecule has 2 aliphatic heterocycles. The van der Waals surface area contributed by atoms with Gasteiger partial charge in [-0.1, -0.05) is 48.0 Å². The lowest BCUT2D eigenvalue weighted by molar-refractivity contribution is 0.162. The van der Waals surface area contributed by atoms with Gasteiger partial charge < -0.3 is 5.32 Å². The first-order valence-electron chi connectivity index (χ1n) is 7.92. The van der Waals surface area contributed by atoms with Crippen LogP contribution in [0.25, 0.3) is 0 Å². The first-order valence-corrected chi connectivity index (χ1v) is 8.30. The van der Waals surface area contributed by atoms with E-state index in [-0.39, 0.29) is 5.41 Å². The molecule has 1 saturated heterocycles. The zero-order chi connectivity index (χ0) is 15.0. The maximum Gasteiger partial charge on any atom is 0.131 e. The SMILES string of the molecule is Clc1ccc2c(n1)NCC21CCN(Cc2ccccc2)CC1. The van der Waals surface area contributed by atoms with Gasteiger partial charge >= 0.3 is 0 Å². The standard InChI is InChI=1S/C18H20ClN3/c19-16-7-6-15-17(21-16)20-13-18(15)8-10-22(11-9-18)12-14-4-2-1-3-5-14/h1-7H,8-13H2,(H,20,21). The summed E-state index contributed by atoms with van der Waals surface area (Å²) in [5, 5.41) is 4.03. The topological polar surface area (TPSA) is 28.2 Å². The second kappa shape index (κ2) is 5.56. The van der Waals surface area contributed by atoms with Crippen molar-refractivity contribution in [3.63, 3.8) is 0 Å². The average Bonchev–Trinajstić information content (AvgIpc) is 2.89. The van der Waals surface area contributed by atoms with E-state index >= 15 is 0 Å². The Hall–Kier alpha value is -1.58. The lowest BCUT2D eigenvalue weighted by Crippen LogP contribution is -2.43. The quantitative estimate of drug-likeness (QED) is 0.857. The molecule has 3 nitrogen and oxygen atoms in total. The molecule has 1 aromatic heterocycles. The number of benzene rings is 1. The average molecular weight is 314 g/mol. The number of halogens is 1. The van der Waals surface area contributed by atoms with E-state index in [1.54, 1.807) is 0 Å². The van der Waals surface area contributed by atoms with Gasteiger partial charge in [-0.15, -0.1) is 0 Å². The Bertz CT molecular complexity index is 663. The number of hydrogen-bond donors (Lipinski definition) is 1. The second-order valence-electron chi connectivity index (χ2n) is 6.43. The molecule has 22 heavy (non-hydrogen) atoms. The van der Waals surface area contributed by atoms with Crippen molar-refractivity contribution in [1.29, 1.82) is 0 Å². The van der Waals surface area contributed by atoms with Crippen LogP contribution in [0.2, 0.25) is 5.15 Å². The molecule has 0 bridgehead atoms. The molecule has 0 unspecified atom stereocenters. The summed E-state index contributed by atoms with van der Waals surface area (Å²) in [6, 6.07) is 14.8. The third kappa shape index (κ3) is 2.49. The van der Waals surface area contributed by atoms with Crippen molar-refractivity contribution in [2.24, 2.45) is 0 Å². The van der Waals surface area contributed by atoms with Gasteiger partial charge in [0.15, 0.2) is 0 Å². The molecule has 1 spiro atoms. The number of pyridine rings is 1. The number of fused-ring (bicyclic) bond motifs is 2. The lowest BCUT2D eigenvalue weighted by Gasteiger charge is -2.39. The Morgan fingerprint density at radius 3 is 2.64 bits per heavy atom. The fourth-order valence-corrected chi connectivity index (χ4v) is 3.92. The van der Waals surface area contributed by atoms with Gasteiger partial charge in [-0.2, -0.15) is 0 Å². The van der Waals surface area contributed by atoms with Crippen LogP contribution in [0.1, 0.15) is 24.0 Å². The summed E-state index contributed by atoms with van der Waals surface area (Å²) >= 11 is 6.00. The second-order valence-corrected chi connectivity index (χ2v) is 6.81. The summed E-state index contributed by atoms with van der Waals surface area (Å²) in [6.07, 6.45) is 2.37. The van der Waals surface area contributed by atoms with Gasteiger partial charge in [0.1, 0.15) is 11.0 Å². The number of hydrogen-bond acceptors (Lipinski definition) is 3. The zero-order valence-electron chi connectivity index (χ0n) is 12.6. The summed E-state index contributed by atoms with van der Waals surface area (Å²) in [4.78, 5) is 6.99. The summed E-state index contributed by atoms with van der Waals surface area (Å²) in [5.41, 5.74) is 3.01. The van der Waals surface area contributed by atoms with E-state index < -0.39 is 0 Å². The third-order valence-corrected chi connectivity index (χ3v) is 5.30. The van der Waals surface area contributed by atoms with Crippen molar-refractivity contribution in [2.45, 2.75) is 24.8 Å². The highest BCUT2D eigenvalue weighted by Gasteiger charge is 2.42. The first-order chi connectivity index (χ1) is 10.8. The van der Waals surface area contributed by atoms with Crippen LogP contribution >= 0.6 is 11.6 Å². The minimum absolute atomic E-state index is 0.250. The molecule has 0 atom stereocenters. The molecule has 0 saturated carbocycles. The molecule has 1 fully saturated rings. The molecule has 1 N–H and O–H groups in total. The molecule has 4 heteroatoms. The van der Waals surface area contributed by atoms with E-state index in [4.69, 9.17) is 11.6 Å². The summed E-state index contributed by atoms with van der Waals surface area (Å²) in [5.74, 6) is 0.990. The zero-order valence-corrected chi connectivity index (χ0v) is 13.3. The van der Waals surface area contributed by atoms with Gasteiger partial charge in [0.05, 0.1) is 0 Å². The molecular formula is C18H20ClN3. The van der Waals surface area contributed by atoms with Crippen LogP contribution in [0.3, 0.4) is 0 Å². The fourth-order valence-electron chi connectivity index (χ4n) is 3.77. The molecule has 2 aliphatic rings. The summed E-state index contributed by atoms with van der Waals surface area (Å²) in [6.45, 7) is 4.32. The molecule has 114 valence electrons. The van der Waals surface area contributed by atoms with E-state index in [0.717, 1.165) is 32.0 Å². The molecule has 2 aromatic rings. The van der Waals surface area contributed by atoms with Crippen molar-refractivity contribution in [1.82, 2.24) is 9.88 Å². The number of nitrogens with zero attached hydrogens (tertiary/aromatic N) is 2.